The summed E-state index contributed by atoms with van der Waals surface area (Å²) < 4.78 is 24.1. The van der Waals surface area contributed by atoms with Gasteiger partial charge in [-0.2, -0.15) is 0 Å². The van der Waals surface area contributed by atoms with Gasteiger partial charge < -0.3 is 14.8 Å². The molecule has 0 fully saturated rings. The standard InChI is InChI=1S/C17H15BrFNO4/c1-23-9-11-2-4-12(5-3-11)17(22)24-10-16(21)20-15-7-6-13(18)8-14(15)19/h2-8H,9-10H2,1H3,(H,20,21). The van der Waals surface area contributed by atoms with E-state index in [4.69, 9.17) is 9.47 Å². The molecule has 0 atom stereocenters. The van der Waals surface area contributed by atoms with Crippen LogP contribution in [0.4, 0.5) is 10.1 Å². The molecule has 5 nitrogen and oxygen atoms in total. The van der Waals surface area contributed by atoms with E-state index in [1.165, 1.54) is 12.1 Å². The van der Waals surface area contributed by atoms with E-state index in [0.29, 0.717) is 16.6 Å². The van der Waals surface area contributed by atoms with E-state index in [-0.39, 0.29) is 5.69 Å². The van der Waals surface area contributed by atoms with Crippen LogP contribution in [0, 0.1) is 5.82 Å². The molecular formula is C17H15BrFNO4. The molecule has 0 aromatic heterocycles. The number of esters is 1. The summed E-state index contributed by atoms with van der Waals surface area (Å²) in [7, 11) is 1.58. The largest absolute Gasteiger partial charge is 0.452 e. The minimum absolute atomic E-state index is 0.0168. The third-order valence-electron chi connectivity index (χ3n) is 3.04. The van der Waals surface area contributed by atoms with E-state index in [1.807, 2.05) is 0 Å². The van der Waals surface area contributed by atoms with Gasteiger partial charge >= 0.3 is 5.97 Å². The van der Waals surface area contributed by atoms with Crippen LogP contribution in [0.2, 0.25) is 0 Å². The Morgan fingerprint density at radius 1 is 1.17 bits per heavy atom. The Morgan fingerprint density at radius 3 is 2.50 bits per heavy atom. The lowest BCUT2D eigenvalue weighted by molar-refractivity contribution is -0.119. The number of ether oxygens (including phenoxy) is 2. The van der Waals surface area contributed by atoms with Gasteiger partial charge in [0.25, 0.3) is 5.91 Å². The van der Waals surface area contributed by atoms with Crippen LogP contribution in [-0.4, -0.2) is 25.6 Å². The number of rotatable bonds is 6. The van der Waals surface area contributed by atoms with Gasteiger partial charge in [0.05, 0.1) is 17.9 Å². The SMILES string of the molecule is COCc1ccc(C(=O)OCC(=O)Nc2ccc(Br)cc2F)cc1. The van der Waals surface area contributed by atoms with Crippen molar-refractivity contribution in [2.24, 2.45) is 0 Å². The number of hydrogen-bond donors (Lipinski definition) is 1. The van der Waals surface area contributed by atoms with Crippen LogP contribution in [-0.2, 0) is 20.9 Å². The Hall–Kier alpha value is -2.25. The molecule has 0 saturated heterocycles. The number of halogens is 2. The number of carbonyl (C=O) groups excluding carboxylic acids is 2. The molecule has 0 unspecified atom stereocenters. The summed E-state index contributed by atoms with van der Waals surface area (Å²) in [5.74, 6) is -1.84. The highest BCUT2D eigenvalue weighted by molar-refractivity contribution is 9.10. The first kappa shape index (κ1) is 18.1. The van der Waals surface area contributed by atoms with Gasteiger partial charge in [0, 0.05) is 11.6 Å². The van der Waals surface area contributed by atoms with Crippen LogP contribution in [0.25, 0.3) is 0 Å². The minimum Gasteiger partial charge on any atom is -0.452 e. The monoisotopic (exact) mass is 395 g/mol. The molecule has 7 heteroatoms. The number of methoxy groups -OCH3 is 1. The summed E-state index contributed by atoms with van der Waals surface area (Å²) in [5.41, 5.74) is 1.25. The summed E-state index contributed by atoms with van der Waals surface area (Å²) in [6, 6.07) is 10.9. The fourth-order valence-corrected chi connectivity index (χ4v) is 2.23. The van der Waals surface area contributed by atoms with E-state index < -0.39 is 24.3 Å². The third kappa shape index (κ3) is 5.14. The van der Waals surface area contributed by atoms with Gasteiger partial charge in [-0.05, 0) is 35.9 Å². The molecule has 0 aliphatic rings. The van der Waals surface area contributed by atoms with Gasteiger partial charge in [-0.3, -0.25) is 4.79 Å². The topological polar surface area (TPSA) is 64.6 Å². The zero-order valence-electron chi connectivity index (χ0n) is 12.8. The highest BCUT2D eigenvalue weighted by Gasteiger charge is 2.12. The van der Waals surface area contributed by atoms with Gasteiger partial charge in [-0.25, -0.2) is 9.18 Å². The molecule has 0 saturated carbocycles. The van der Waals surface area contributed by atoms with Gasteiger partial charge in [0.1, 0.15) is 5.82 Å². The molecule has 0 aliphatic heterocycles. The first-order chi connectivity index (χ1) is 11.5. The molecule has 24 heavy (non-hydrogen) atoms. The van der Waals surface area contributed by atoms with Crippen LogP contribution in [0.1, 0.15) is 15.9 Å². The van der Waals surface area contributed by atoms with Crippen molar-refractivity contribution >= 4 is 33.5 Å². The average molecular weight is 396 g/mol. The number of nitrogens with one attached hydrogen (secondary N) is 1. The quantitative estimate of drug-likeness (QED) is 0.759. The van der Waals surface area contributed by atoms with E-state index in [9.17, 15) is 14.0 Å². The van der Waals surface area contributed by atoms with Crippen LogP contribution < -0.4 is 5.32 Å². The van der Waals surface area contributed by atoms with Crippen LogP contribution in [0.5, 0.6) is 0 Å². The number of carbonyl (C=O) groups is 2. The number of hydrogen-bond acceptors (Lipinski definition) is 4. The lowest BCUT2D eigenvalue weighted by atomic mass is 10.1. The highest BCUT2D eigenvalue weighted by Crippen LogP contribution is 2.19. The molecular weight excluding hydrogens is 381 g/mol. The third-order valence-corrected chi connectivity index (χ3v) is 3.53. The number of anilines is 1. The molecule has 0 aliphatic carbocycles. The van der Waals surface area contributed by atoms with E-state index in [1.54, 1.807) is 37.4 Å². The fraction of sp³-hybridized carbons (Fsp3) is 0.176. The molecule has 0 bridgehead atoms. The van der Waals surface area contributed by atoms with Crippen molar-refractivity contribution in [2.45, 2.75) is 6.61 Å². The maximum Gasteiger partial charge on any atom is 0.338 e. The lowest BCUT2D eigenvalue weighted by Gasteiger charge is -2.08. The zero-order valence-corrected chi connectivity index (χ0v) is 14.4. The first-order valence-corrected chi connectivity index (χ1v) is 7.79. The number of amides is 1. The van der Waals surface area contributed by atoms with Gasteiger partial charge in [0.15, 0.2) is 6.61 Å². The zero-order chi connectivity index (χ0) is 17.5. The summed E-state index contributed by atoms with van der Waals surface area (Å²) in [6.07, 6.45) is 0. The maximum absolute atomic E-state index is 13.6. The first-order valence-electron chi connectivity index (χ1n) is 6.99. The van der Waals surface area contributed by atoms with Crippen LogP contribution >= 0.6 is 15.9 Å². The average Bonchev–Trinajstić information content (AvgIpc) is 2.56. The summed E-state index contributed by atoms with van der Waals surface area (Å²) >= 11 is 3.12. The molecule has 0 radical (unpaired) electrons. The van der Waals surface area contributed by atoms with E-state index in [2.05, 4.69) is 21.2 Å². The lowest BCUT2D eigenvalue weighted by Crippen LogP contribution is -2.21. The van der Waals surface area contributed by atoms with Crippen molar-refractivity contribution in [3.05, 3.63) is 63.9 Å². The molecule has 1 amide bonds. The van der Waals surface area contributed by atoms with Crippen molar-refractivity contribution in [1.29, 1.82) is 0 Å². The minimum atomic E-state index is -0.634. The molecule has 0 heterocycles. The van der Waals surface area contributed by atoms with Crippen molar-refractivity contribution in [2.75, 3.05) is 19.0 Å². The summed E-state index contributed by atoms with van der Waals surface area (Å²) in [6.45, 7) is -0.0648. The van der Waals surface area contributed by atoms with Gasteiger partial charge in [0.2, 0.25) is 0 Å². The molecule has 2 rings (SSSR count). The predicted molar refractivity (Wildman–Crippen MR) is 90.2 cm³/mol. The Balaban J connectivity index is 1.87. The van der Waals surface area contributed by atoms with E-state index >= 15 is 0 Å². The molecule has 126 valence electrons. The number of benzene rings is 2. The summed E-state index contributed by atoms with van der Waals surface area (Å²) in [4.78, 5) is 23.6. The maximum atomic E-state index is 13.6. The van der Waals surface area contributed by atoms with Gasteiger partial charge in [-0.1, -0.05) is 28.1 Å². The van der Waals surface area contributed by atoms with E-state index in [0.717, 1.165) is 5.56 Å². The Labute approximate surface area is 146 Å². The van der Waals surface area contributed by atoms with Crippen molar-refractivity contribution < 1.29 is 23.5 Å². The predicted octanol–water partition coefficient (Wildman–Crippen LogP) is 3.53. The highest BCUT2D eigenvalue weighted by atomic mass is 79.9. The second-order valence-corrected chi connectivity index (χ2v) is 5.79. The Kier molecular flexibility index (Phi) is 6.45. The van der Waals surface area contributed by atoms with Crippen molar-refractivity contribution in [3.8, 4) is 0 Å². The smallest absolute Gasteiger partial charge is 0.338 e. The normalized spacial score (nSPS) is 10.3. The summed E-state index contributed by atoms with van der Waals surface area (Å²) in [5, 5.41) is 2.34. The van der Waals surface area contributed by atoms with Crippen LogP contribution in [0.3, 0.4) is 0 Å². The van der Waals surface area contributed by atoms with Crippen molar-refractivity contribution in [1.82, 2.24) is 0 Å². The fourth-order valence-electron chi connectivity index (χ4n) is 1.90. The van der Waals surface area contributed by atoms with Crippen LogP contribution in [0.15, 0.2) is 46.9 Å². The molecule has 2 aromatic rings. The van der Waals surface area contributed by atoms with Gasteiger partial charge in [-0.15, -0.1) is 0 Å². The second kappa shape index (κ2) is 8.56. The molecule has 2 aromatic carbocycles. The molecule has 1 N–H and O–H groups in total. The second-order valence-electron chi connectivity index (χ2n) is 4.88. The Bertz CT molecular complexity index is 734. The molecule has 0 spiro atoms. The van der Waals surface area contributed by atoms with Crippen molar-refractivity contribution in [3.63, 3.8) is 0 Å². The Morgan fingerprint density at radius 2 is 1.88 bits per heavy atom.